The second-order valence-corrected chi connectivity index (χ2v) is 5.52. The fourth-order valence-corrected chi connectivity index (χ4v) is 2.55. The maximum absolute atomic E-state index is 12.6. The minimum Gasteiger partial charge on any atom is -0.545 e. The number of nitrogens with one attached hydrogen (secondary N) is 1. The molecule has 0 spiro atoms. The van der Waals surface area contributed by atoms with Crippen molar-refractivity contribution in [3.63, 3.8) is 0 Å². The summed E-state index contributed by atoms with van der Waals surface area (Å²) < 4.78 is 37.8. The summed E-state index contributed by atoms with van der Waals surface area (Å²) in [7, 11) is 0. The van der Waals surface area contributed by atoms with Crippen molar-refractivity contribution in [3.8, 4) is 0 Å². The third kappa shape index (κ3) is 6.35. The Kier molecular flexibility index (Phi) is 7.94. The van der Waals surface area contributed by atoms with Gasteiger partial charge in [-0.3, -0.25) is 4.79 Å². The fraction of sp³-hybridized carbons (Fsp3) is 0.133. The van der Waals surface area contributed by atoms with Crippen LogP contribution in [0.25, 0.3) is 0 Å². The first kappa shape index (κ1) is 21.5. The Morgan fingerprint density at radius 3 is 2.56 bits per heavy atom. The number of aromatic nitrogens is 1. The number of benzene rings is 1. The zero-order valence-electron chi connectivity index (χ0n) is 13.0. The van der Waals surface area contributed by atoms with Crippen LogP contribution in [-0.2, 0) is 11.0 Å². The average Bonchev–Trinajstić information content (AvgIpc) is 2.52. The van der Waals surface area contributed by atoms with Crippen molar-refractivity contribution in [1.82, 2.24) is 4.98 Å². The molecule has 1 aromatic heterocycles. The Balaban J connectivity index is 0.00000312. The van der Waals surface area contributed by atoms with Crippen molar-refractivity contribution >= 4 is 29.3 Å². The molecule has 0 aliphatic heterocycles. The number of anilines is 1. The first-order chi connectivity index (χ1) is 11.3. The fourth-order valence-electron chi connectivity index (χ4n) is 1.77. The van der Waals surface area contributed by atoms with Crippen molar-refractivity contribution in [2.45, 2.75) is 11.2 Å². The minimum absolute atomic E-state index is 0. The number of aromatic carboxylic acids is 1. The zero-order valence-corrected chi connectivity index (χ0v) is 15.8. The molecule has 0 atom stereocenters. The third-order valence-corrected chi connectivity index (χ3v) is 3.81. The van der Waals surface area contributed by atoms with E-state index < -0.39 is 23.6 Å². The van der Waals surface area contributed by atoms with Crippen LogP contribution in [0.2, 0.25) is 0 Å². The Bertz CT molecular complexity index is 772. The molecular formula is C15H10F3N2NaO3S. The SMILES string of the molecule is O=C(CSc1ncccc1C(=O)[O-])Nc1cccc(C(F)(F)F)c1.[Na+]. The summed E-state index contributed by atoms with van der Waals surface area (Å²) in [6.45, 7) is 0. The topological polar surface area (TPSA) is 82.1 Å². The van der Waals surface area contributed by atoms with Gasteiger partial charge in [0.15, 0.2) is 0 Å². The van der Waals surface area contributed by atoms with Gasteiger partial charge in [-0.05, 0) is 30.3 Å². The molecule has 0 unspecified atom stereocenters. The van der Waals surface area contributed by atoms with Gasteiger partial charge in [-0.1, -0.05) is 17.8 Å². The molecule has 1 aromatic carbocycles. The van der Waals surface area contributed by atoms with Crippen LogP contribution < -0.4 is 40.0 Å². The number of hydrogen-bond acceptors (Lipinski definition) is 5. The van der Waals surface area contributed by atoms with E-state index in [1.807, 2.05) is 0 Å². The molecule has 1 N–H and O–H groups in total. The van der Waals surface area contributed by atoms with Gasteiger partial charge in [0.2, 0.25) is 5.91 Å². The summed E-state index contributed by atoms with van der Waals surface area (Å²) in [4.78, 5) is 26.6. The van der Waals surface area contributed by atoms with Gasteiger partial charge < -0.3 is 15.2 Å². The molecule has 25 heavy (non-hydrogen) atoms. The molecule has 1 amide bonds. The number of carbonyl (C=O) groups is 2. The Morgan fingerprint density at radius 2 is 1.92 bits per heavy atom. The van der Waals surface area contributed by atoms with Crippen LogP contribution in [-0.4, -0.2) is 22.6 Å². The molecule has 2 rings (SSSR count). The molecule has 2 aromatic rings. The molecule has 0 radical (unpaired) electrons. The zero-order chi connectivity index (χ0) is 17.7. The largest absolute Gasteiger partial charge is 1.00 e. The van der Waals surface area contributed by atoms with Crippen molar-refractivity contribution in [1.29, 1.82) is 0 Å². The summed E-state index contributed by atoms with van der Waals surface area (Å²) in [5, 5.41) is 13.3. The van der Waals surface area contributed by atoms with Gasteiger partial charge in [-0.15, -0.1) is 0 Å². The number of carboxylic acid groups (broad SMARTS) is 1. The van der Waals surface area contributed by atoms with E-state index in [1.54, 1.807) is 0 Å². The number of nitrogens with zero attached hydrogens (tertiary/aromatic N) is 1. The van der Waals surface area contributed by atoms with Crippen LogP contribution in [0.5, 0.6) is 0 Å². The molecular weight excluding hydrogens is 368 g/mol. The van der Waals surface area contributed by atoms with Crippen LogP contribution >= 0.6 is 11.8 Å². The summed E-state index contributed by atoms with van der Waals surface area (Å²) in [5.74, 6) is -2.23. The van der Waals surface area contributed by atoms with E-state index in [0.717, 1.165) is 23.9 Å². The van der Waals surface area contributed by atoms with Crippen LogP contribution in [0.3, 0.4) is 0 Å². The van der Waals surface area contributed by atoms with Crippen molar-refractivity contribution in [3.05, 3.63) is 53.7 Å². The molecule has 5 nitrogen and oxygen atoms in total. The van der Waals surface area contributed by atoms with Gasteiger partial charge in [-0.2, -0.15) is 13.2 Å². The monoisotopic (exact) mass is 378 g/mol. The second kappa shape index (κ2) is 9.23. The predicted molar refractivity (Wildman–Crippen MR) is 79.4 cm³/mol. The average molecular weight is 378 g/mol. The molecule has 0 bridgehead atoms. The van der Waals surface area contributed by atoms with Crippen molar-refractivity contribution < 1.29 is 57.4 Å². The second-order valence-electron chi connectivity index (χ2n) is 4.56. The van der Waals surface area contributed by atoms with Gasteiger partial charge in [0.05, 0.1) is 17.3 Å². The molecule has 0 saturated heterocycles. The minimum atomic E-state index is -4.51. The number of carbonyl (C=O) groups excluding carboxylic acids is 2. The number of halogens is 3. The van der Waals surface area contributed by atoms with Crippen LogP contribution in [0.1, 0.15) is 15.9 Å². The van der Waals surface area contributed by atoms with Gasteiger partial charge in [-0.25, -0.2) is 4.98 Å². The molecule has 1 heterocycles. The number of carboxylic acids is 1. The smallest absolute Gasteiger partial charge is 0.545 e. The third-order valence-electron chi connectivity index (χ3n) is 2.80. The molecule has 0 aliphatic rings. The summed E-state index contributed by atoms with van der Waals surface area (Å²) >= 11 is 0.846. The van der Waals surface area contributed by atoms with Gasteiger partial charge in [0.25, 0.3) is 0 Å². The first-order valence-electron chi connectivity index (χ1n) is 6.53. The van der Waals surface area contributed by atoms with Crippen LogP contribution in [0, 0.1) is 0 Å². The van der Waals surface area contributed by atoms with E-state index >= 15 is 0 Å². The standard InChI is InChI=1S/C15H11F3N2O3S.Na/c16-15(17,18)9-3-1-4-10(7-9)20-12(21)8-24-13-11(14(22)23)5-2-6-19-13;/h1-7H,8H2,(H,20,21)(H,22,23);/q;+1/p-1. The molecule has 0 aliphatic carbocycles. The number of amides is 1. The Hall–Kier alpha value is -1.55. The van der Waals surface area contributed by atoms with Crippen molar-refractivity contribution in [2.75, 3.05) is 11.1 Å². The Labute approximate surface area is 167 Å². The molecule has 0 saturated carbocycles. The van der Waals surface area contributed by atoms with E-state index in [9.17, 15) is 27.9 Å². The van der Waals surface area contributed by atoms with E-state index in [-0.39, 0.29) is 51.6 Å². The summed E-state index contributed by atoms with van der Waals surface area (Å²) in [6, 6.07) is 6.91. The number of rotatable bonds is 5. The van der Waals surface area contributed by atoms with Gasteiger partial charge in [0, 0.05) is 17.4 Å². The summed E-state index contributed by atoms with van der Waals surface area (Å²) in [6.07, 6.45) is -3.15. The normalized spacial score (nSPS) is 10.7. The van der Waals surface area contributed by atoms with E-state index in [4.69, 9.17) is 0 Å². The quantitative estimate of drug-likeness (QED) is 0.544. The van der Waals surface area contributed by atoms with Gasteiger partial charge in [0.1, 0.15) is 5.03 Å². The van der Waals surface area contributed by atoms with Crippen LogP contribution in [0.4, 0.5) is 18.9 Å². The maximum atomic E-state index is 12.6. The number of pyridine rings is 1. The van der Waals surface area contributed by atoms with Crippen LogP contribution in [0.15, 0.2) is 47.6 Å². The number of thioether (sulfide) groups is 1. The molecule has 10 heteroatoms. The Morgan fingerprint density at radius 1 is 1.20 bits per heavy atom. The van der Waals surface area contributed by atoms with Crippen molar-refractivity contribution in [2.24, 2.45) is 0 Å². The maximum Gasteiger partial charge on any atom is 1.00 e. The molecule has 0 fully saturated rings. The number of alkyl halides is 3. The van der Waals surface area contributed by atoms with E-state index in [2.05, 4.69) is 10.3 Å². The van der Waals surface area contributed by atoms with Gasteiger partial charge >= 0.3 is 35.7 Å². The van der Waals surface area contributed by atoms with E-state index in [1.165, 1.54) is 30.5 Å². The molecule has 126 valence electrons. The van der Waals surface area contributed by atoms with E-state index in [0.29, 0.717) is 0 Å². The number of hydrogen-bond donors (Lipinski definition) is 1. The predicted octanol–water partition coefficient (Wildman–Crippen LogP) is -0.801. The first-order valence-corrected chi connectivity index (χ1v) is 7.52. The summed E-state index contributed by atoms with van der Waals surface area (Å²) in [5.41, 5.74) is -1.04.